The molecule has 0 aliphatic rings. The van der Waals surface area contributed by atoms with Gasteiger partial charge in [-0.05, 0) is 24.5 Å². The van der Waals surface area contributed by atoms with Gasteiger partial charge in [0, 0.05) is 17.0 Å². The molecule has 0 heterocycles. The average molecular weight is 263 g/mol. The third-order valence-corrected chi connectivity index (χ3v) is 3.63. The van der Waals surface area contributed by atoms with E-state index in [-0.39, 0.29) is 5.75 Å². The molecule has 0 bridgehead atoms. The summed E-state index contributed by atoms with van der Waals surface area (Å²) in [6, 6.07) is 7.03. The van der Waals surface area contributed by atoms with Crippen molar-refractivity contribution < 1.29 is 13.5 Å². The lowest BCUT2D eigenvalue weighted by atomic mass is 10.1. The molecule has 0 radical (unpaired) electrons. The smallest absolute Gasteiger partial charge is 0.147 e. The summed E-state index contributed by atoms with van der Waals surface area (Å²) in [5.74, 6) is 0.0918. The lowest BCUT2D eigenvalue weighted by Crippen LogP contribution is -2.06. The Bertz CT molecular complexity index is 442. The summed E-state index contributed by atoms with van der Waals surface area (Å²) in [5.41, 5.74) is 0.651. The molecule has 0 aromatic heterocycles. The molecule has 1 atom stereocenters. The van der Waals surface area contributed by atoms with Crippen molar-refractivity contribution in [1.29, 1.82) is 0 Å². The van der Waals surface area contributed by atoms with Crippen molar-refractivity contribution >= 4 is 21.4 Å². The Kier molecular flexibility index (Phi) is 4.77. The van der Waals surface area contributed by atoms with E-state index >= 15 is 0 Å². The second kappa shape index (κ2) is 5.66. The SMILES string of the molecule is CS(=O)(=O)CCCC(O)c1ccccc1Cl. The summed E-state index contributed by atoms with van der Waals surface area (Å²) in [6.45, 7) is 0. The maximum Gasteiger partial charge on any atom is 0.147 e. The molecular weight excluding hydrogens is 248 g/mol. The first-order valence-corrected chi connectivity index (χ1v) is 7.44. The molecule has 1 N–H and O–H groups in total. The minimum atomic E-state index is -2.96. The number of sulfone groups is 1. The van der Waals surface area contributed by atoms with Crippen LogP contribution in [0.15, 0.2) is 24.3 Å². The molecule has 0 aliphatic heterocycles. The van der Waals surface area contributed by atoms with Gasteiger partial charge in [-0.2, -0.15) is 0 Å². The Labute approximate surface area is 101 Å². The van der Waals surface area contributed by atoms with Crippen LogP contribution in [0.25, 0.3) is 0 Å². The molecule has 0 saturated heterocycles. The van der Waals surface area contributed by atoms with Gasteiger partial charge in [-0.3, -0.25) is 0 Å². The summed E-state index contributed by atoms with van der Waals surface area (Å²) in [6.07, 6.45) is 1.33. The number of hydrogen-bond acceptors (Lipinski definition) is 3. The predicted octanol–water partition coefficient (Wildman–Crippen LogP) is 2.20. The minimum absolute atomic E-state index is 0.0918. The van der Waals surface area contributed by atoms with E-state index in [0.717, 1.165) is 0 Å². The highest BCUT2D eigenvalue weighted by atomic mass is 35.5. The van der Waals surface area contributed by atoms with Crippen molar-refractivity contribution in [1.82, 2.24) is 0 Å². The monoisotopic (exact) mass is 262 g/mol. The van der Waals surface area contributed by atoms with Gasteiger partial charge in [0.1, 0.15) is 9.84 Å². The van der Waals surface area contributed by atoms with Gasteiger partial charge in [0.2, 0.25) is 0 Å². The maximum atomic E-state index is 10.9. The summed E-state index contributed by atoms with van der Waals surface area (Å²) in [4.78, 5) is 0. The van der Waals surface area contributed by atoms with Crippen LogP contribution >= 0.6 is 11.6 Å². The molecule has 3 nitrogen and oxygen atoms in total. The highest BCUT2D eigenvalue weighted by molar-refractivity contribution is 7.90. The highest BCUT2D eigenvalue weighted by Crippen LogP contribution is 2.25. The zero-order chi connectivity index (χ0) is 12.2. The first-order valence-electron chi connectivity index (χ1n) is 5.00. The lowest BCUT2D eigenvalue weighted by molar-refractivity contribution is 0.167. The molecule has 5 heteroatoms. The quantitative estimate of drug-likeness (QED) is 0.885. The van der Waals surface area contributed by atoms with E-state index in [0.29, 0.717) is 23.4 Å². The molecule has 0 fully saturated rings. The van der Waals surface area contributed by atoms with E-state index in [9.17, 15) is 13.5 Å². The van der Waals surface area contributed by atoms with Crippen LogP contribution in [0.2, 0.25) is 5.02 Å². The van der Waals surface area contributed by atoms with Crippen LogP contribution in [-0.2, 0) is 9.84 Å². The van der Waals surface area contributed by atoms with Crippen molar-refractivity contribution in [2.75, 3.05) is 12.0 Å². The standard InChI is InChI=1S/C11H15ClO3S/c1-16(14,15)8-4-7-11(13)9-5-2-3-6-10(9)12/h2-3,5-6,11,13H,4,7-8H2,1H3. The second-order valence-corrected chi connectivity index (χ2v) is 6.48. The molecule has 1 unspecified atom stereocenters. The van der Waals surface area contributed by atoms with Crippen molar-refractivity contribution in [3.05, 3.63) is 34.9 Å². The van der Waals surface area contributed by atoms with Gasteiger partial charge in [-0.1, -0.05) is 29.8 Å². The number of hydrogen-bond donors (Lipinski definition) is 1. The minimum Gasteiger partial charge on any atom is -0.388 e. The third kappa shape index (κ3) is 4.51. The molecule has 0 amide bonds. The van der Waals surface area contributed by atoms with Crippen molar-refractivity contribution in [2.24, 2.45) is 0 Å². The predicted molar refractivity (Wildman–Crippen MR) is 65.4 cm³/mol. The van der Waals surface area contributed by atoms with Gasteiger partial charge < -0.3 is 5.11 Å². The molecule has 1 aromatic rings. The zero-order valence-electron chi connectivity index (χ0n) is 9.06. The molecule has 0 saturated carbocycles. The fourth-order valence-corrected chi connectivity index (χ4v) is 2.39. The number of rotatable bonds is 5. The lowest BCUT2D eigenvalue weighted by Gasteiger charge is -2.11. The topological polar surface area (TPSA) is 54.4 Å². The molecule has 0 aliphatic carbocycles. The molecule has 1 rings (SSSR count). The van der Waals surface area contributed by atoms with Crippen LogP contribution in [-0.4, -0.2) is 25.5 Å². The number of halogens is 1. The van der Waals surface area contributed by atoms with E-state index in [1.54, 1.807) is 24.3 Å². The van der Waals surface area contributed by atoms with Crippen LogP contribution in [0, 0.1) is 0 Å². The first-order chi connectivity index (χ1) is 7.40. The zero-order valence-corrected chi connectivity index (χ0v) is 10.6. The van der Waals surface area contributed by atoms with Gasteiger partial charge >= 0.3 is 0 Å². The number of aliphatic hydroxyl groups excluding tert-OH is 1. The number of benzene rings is 1. The van der Waals surface area contributed by atoms with Crippen molar-refractivity contribution in [2.45, 2.75) is 18.9 Å². The molecule has 90 valence electrons. The summed E-state index contributed by atoms with van der Waals surface area (Å²) < 4.78 is 21.8. The first kappa shape index (κ1) is 13.5. The fraction of sp³-hybridized carbons (Fsp3) is 0.455. The van der Waals surface area contributed by atoms with E-state index in [1.165, 1.54) is 6.26 Å². The summed E-state index contributed by atoms with van der Waals surface area (Å²) in [5, 5.41) is 10.3. The average Bonchev–Trinajstić information content (AvgIpc) is 2.16. The number of aliphatic hydroxyl groups is 1. The Hall–Kier alpha value is -0.580. The molecule has 16 heavy (non-hydrogen) atoms. The second-order valence-electron chi connectivity index (χ2n) is 3.81. The van der Waals surface area contributed by atoms with Gasteiger partial charge in [-0.25, -0.2) is 8.42 Å². The molecule has 0 spiro atoms. The fourth-order valence-electron chi connectivity index (χ4n) is 1.44. The van der Waals surface area contributed by atoms with E-state index in [4.69, 9.17) is 11.6 Å². The van der Waals surface area contributed by atoms with Gasteiger partial charge in [-0.15, -0.1) is 0 Å². The Morgan fingerprint density at radius 2 is 2.00 bits per heavy atom. The van der Waals surface area contributed by atoms with Gasteiger partial charge in [0.25, 0.3) is 0 Å². The van der Waals surface area contributed by atoms with Gasteiger partial charge in [0.05, 0.1) is 6.10 Å². The Morgan fingerprint density at radius 3 is 2.56 bits per heavy atom. The van der Waals surface area contributed by atoms with Crippen LogP contribution in [0.3, 0.4) is 0 Å². The van der Waals surface area contributed by atoms with Crippen molar-refractivity contribution in [3.8, 4) is 0 Å². The normalized spacial score (nSPS) is 13.7. The third-order valence-electron chi connectivity index (χ3n) is 2.26. The molecular formula is C11H15ClO3S. The van der Waals surface area contributed by atoms with E-state index < -0.39 is 15.9 Å². The van der Waals surface area contributed by atoms with Crippen LogP contribution in [0.4, 0.5) is 0 Å². The molecule has 1 aromatic carbocycles. The Balaban J connectivity index is 2.54. The Morgan fingerprint density at radius 1 is 1.38 bits per heavy atom. The summed E-state index contributed by atoms with van der Waals surface area (Å²) >= 11 is 5.91. The highest BCUT2D eigenvalue weighted by Gasteiger charge is 2.12. The van der Waals surface area contributed by atoms with Crippen LogP contribution in [0.5, 0.6) is 0 Å². The summed E-state index contributed by atoms with van der Waals surface area (Å²) in [7, 11) is -2.96. The van der Waals surface area contributed by atoms with Crippen molar-refractivity contribution in [3.63, 3.8) is 0 Å². The largest absolute Gasteiger partial charge is 0.388 e. The van der Waals surface area contributed by atoms with E-state index in [1.807, 2.05) is 0 Å². The maximum absolute atomic E-state index is 10.9. The van der Waals surface area contributed by atoms with E-state index in [2.05, 4.69) is 0 Å². The van der Waals surface area contributed by atoms with Gasteiger partial charge in [0.15, 0.2) is 0 Å². The van der Waals surface area contributed by atoms with Crippen LogP contribution in [0.1, 0.15) is 24.5 Å². The van der Waals surface area contributed by atoms with Crippen LogP contribution < -0.4 is 0 Å².